The largest absolute Gasteiger partial charge is 0.481 e. The first-order chi connectivity index (χ1) is 6.93. The Balaban J connectivity index is 2.69. The van der Waals surface area contributed by atoms with Crippen molar-refractivity contribution in [3.05, 3.63) is 16.4 Å². The number of aliphatic carboxylic acids is 1. The van der Waals surface area contributed by atoms with E-state index in [2.05, 4.69) is 5.10 Å². The van der Waals surface area contributed by atoms with Crippen LogP contribution < -0.4 is 0 Å². The molecule has 15 heavy (non-hydrogen) atoms. The highest BCUT2D eigenvalue weighted by Crippen LogP contribution is 2.21. The highest BCUT2D eigenvalue weighted by Gasteiger charge is 2.15. The number of rotatable bonds is 4. The summed E-state index contributed by atoms with van der Waals surface area (Å²) in [6, 6.07) is 0. The first-order valence-electron chi connectivity index (χ1n) is 4.84. The standard InChI is InChI=1S/C10H15ClN2O2/c1-6(10(14)15)4-5-8-7(2)12-13(3)9(8)11/h6H,4-5H2,1-3H3,(H,14,15). The molecule has 0 aliphatic heterocycles. The molecule has 0 aliphatic rings. The zero-order valence-electron chi connectivity index (χ0n) is 9.12. The predicted octanol–water partition coefficient (Wildman–Crippen LogP) is 2.04. The van der Waals surface area contributed by atoms with Crippen molar-refractivity contribution in [2.45, 2.75) is 26.7 Å². The molecule has 84 valence electrons. The highest BCUT2D eigenvalue weighted by atomic mass is 35.5. The van der Waals surface area contributed by atoms with Gasteiger partial charge in [-0.1, -0.05) is 18.5 Å². The number of aromatic nitrogens is 2. The smallest absolute Gasteiger partial charge is 0.306 e. The van der Waals surface area contributed by atoms with Crippen LogP contribution in [0.1, 0.15) is 24.6 Å². The number of hydrogen-bond acceptors (Lipinski definition) is 2. The van der Waals surface area contributed by atoms with E-state index >= 15 is 0 Å². The van der Waals surface area contributed by atoms with Crippen molar-refractivity contribution in [2.75, 3.05) is 0 Å². The van der Waals surface area contributed by atoms with Crippen LogP contribution in [0.25, 0.3) is 0 Å². The van der Waals surface area contributed by atoms with Gasteiger partial charge in [-0.3, -0.25) is 9.48 Å². The first kappa shape index (κ1) is 12.0. The summed E-state index contributed by atoms with van der Waals surface area (Å²) < 4.78 is 1.61. The van der Waals surface area contributed by atoms with E-state index in [1.54, 1.807) is 18.7 Å². The van der Waals surface area contributed by atoms with Gasteiger partial charge in [0, 0.05) is 12.6 Å². The molecule has 1 unspecified atom stereocenters. The van der Waals surface area contributed by atoms with Crippen molar-refractivity contribution < 1.29 is 9.90 Å². The quantitative estimate of drug-likeness (QED) is 0.861. The molecule has 1 aromatic rings. The van der Waals surface area contributed by atoms with Crippen LogP contribution in [0, 0.1) is 12.8 Å². The van der Waals surface area contributed by atoms with Crippen LogP contribution in [0.5, 0.6) is 0 Å². The summed E-state index contributed by atoms with van der Waals surface area (Å²) in [5.74, 6) is -1.12. The fourth-order valence-electron chi connectivity index (χ4n) is 1.44. The molecular weight excluding hydrogens is 216 g/mol. The molecule has 0 fully saturated rings. The summed E-state index contributed by atoms with van der Waals surface area (Å²) in [5, 5.41) is 13.5. The second-order valence-corrected chi connectivity index (χ2v) is 4.11. The molecule has 5 heteroatoms. The lowest BCUT2D eigenvalue weighted by Gasteiger charge is -2.05. The van der Waals surface area contributed by atoms with E-state index in [1.165, 1.54) is 0 Å². The third-order valence-corrected chi connectivity index (χ3v) is 2.99. The Morgan fingerprint density at radius 1 is 1.67 bits per heavy atom. The van der Waals surface area contributed by atoms with Gasteiger partial charge in [-0.25, -0.2) is 0 Å². The molecule has 0 amide bonds. The fourth-order valence-corrected chi connectivity index (χ4v) is 1.71. The van der Waals surface area contributed by atoms with Gasteiger partial charge in [-0.2, -0.15) is 5.10 Å². The Labute approximate surface area is 93.9 Å². The number of carbonyl (C=O) groups is 1. The summed E-state index contributed by atoms with van der Waals surface area (Å²) >= 11 is 6.03. The molecule has 0 aromatic carbocycles. The third-order valence-electron chi connectivity index (χ3n) is 2.52. The minimum Gasteiger partial charge on any atom is -0.481 e. The molecule has 1 rings (SSSR count). The van der Waals surface area contributed by atoms with Gasteiger partial charge in [0.05, 0.1) is 11.6 Å². The summed E-state index contributed by atoms with van der Waals surface area (Å²) in [5.41, 5.74) is 1.83. The Kier molecular flexibility index (Phi) is 3.74. The molecule has 0 aliphatic carbocycles. The van der Waals surface area contributed by atoms with Gasteiger partial charge < -0.3 is 5.11 Å². The van der Waals surface area contributed by atoms with Gasteiger partial charge in [0.25, 0.3) is 0 Å². The number of hydrogen-bond donors (Lipinski definition) is 1. The van der Waals surface area contributed by atoms with E-state index in [0.29, 0.717) is 18.0 Å². The molecule has 0 spiro atoms. The van der Waals surface area contributed by atoms with Crippen molar-refractivity contribution in [1.29, 1.82) is 0 Å². The Morgan fingerprint density at radius 2 is 2.27 bits per heavy atom. The molecule has 0 radical (unpaired) electrons. The van der Waals surface area contributed by atoms with E-state index in [0.717, 1.165) is 11.3 Å². The average molecular weight is 231 g/mol. The van der Waals surface area contributed by atoms with E-state index in [9.17, 15) is 4.79 Å². The van der Waals surface area contributed by atoms with Crippen LogP contribution in [0.3, 0.4) is 0 Å². The van der Waals surface area contributed by atoms with E-state index in [-0.39, 0.29) is 5.92 Å². The maximum absolute atomic E-state index is 10.6. The van der Waals surface area contributed by atoms with Crippen LogP contribution in [-0.2, 0) is 18.3 Å². The highest BCUT2D eigenvalue weighted by molar-refractivity contribution is 6.30. The van der Waals surface area contributed by atoms with Crippen LogP contribution in [0.4, 0.5) is 0 Å². The Morgan fingerprint density at radius 3 is 2.67 bits per heavy atom. The summed E-state index contributed by atoms with van der Waals surface area (Å²) in [6.07, 6.45) is 1.24. The lowest BCUT2D eigenvalue weighted by molar-refractivity contribution is -0.141. The van der Waals surface area contributed by atoms with Gasteiger partial charge in [0.15, 0.2) is 0 Å². The van der Waals surface area contributed by atoms with E-state index < -0.39 is 5.97 Å². The summed E-state index contributed by atoms with van der Waals surface area (Å²) in [4.78, 5) is 10.6. The maximum Gasteiger partial charge on any atom is 0.306 e. The van der Waals surface area contributed by atoms with E-state index in [4.69, 9.17) is 16.7 Å². The summed E-state index contributed by atoms with van der Waals surface area (Å²) in [6.45, 7) is 3.58. The van der Waals surface area contributed by atoms with Crippen molar-refractivity contribution in [1.82, 2.24) is 9.78 Å². The van der Waals surface area contributed by atoms with Crippen LogP contribution >= 0.6 is 11.6 Å². The number of carboxylic acids is 1. The topological polar surface area (TPSA) is 55.1 Å². The molecule has 1 N–H and O–H groups in total. The first-order valence-corrected chi connectivity index (χ1v) is 5.22. The minimum atomic E-state index is -0.771. The molecule has 1 aromatic heterocycles. The van der Waals surface area contributed by atoms with Crippen LogP contribution in [0.2, 0.25) is 5.15 Å². The fraction of sp³-hybridized carbons (Fsp3) is 0.600. The van der Waals surface area contributed by atoms with E-state index in [1.807, 2.05) is 6.92 Å². The molecule has 0 saturated carbocycles. The van der Waals surface area contributed by atoms with Crippen molar-refractivity contribution in [2.24, 2.45) is 13.0 Å². The van der Waals surface area contributed by atoms with Gasteiger partial charge in [-0.15, -0.1) is 0 Å². The number of nitrogens with zero attached hydrogens (tertiary/aromatic N) is 2. The van der Waals surface area contributed by atoms with Gasteiger partial charge in [0.1, 0.15) is 5.15 Å². The minimum absolute atomic E-state index is 0.347. The molecule has 4 nitrogen and oxygen atoms in total. The van der Waals surface area contributed by atoms with Gasteiger partial charge in [-0.05, 0) is 19.8 Å². The lowest BCUT2D eigenvalue weighted by atomic mass is 10.0. The zero-order valence-corrected chi connectivity index (χ0v) is 9.88. The van der Waals surface area contributed by atoms with Gasteiger partial charge in [0.2, 0.25) is 0 Å². The Bertz CT molecular complexity index is 374. The lowest BCUT2D eigenvalue weighted by Crippen LogP contribution is -2.10. The Hall–Kier alpha value is -1.03. The molecule has 1 heterocycles. The average Bonchev–Trinajstić information content (AvgIpc) is 2.38. The zero-order chi connectivity index (χ0) is 11.6. The third kappa shape index (κ3) is 2.72. The second-order valence-electron chi connectivity index (χ2n) is 3.76. The second kappa shape index (κ2) is 4.66. The van der Waals surface area contributed by atoms with Crippen molar-refractivity contribution >= 4 is 17.6 Å². The number of halogens is 1. The van der Waals surface area contributed by atoms with Crippen molar-refractivity contribution in [3.63, 3.8) is 0 Å². The maximum atomic E-state index is 10.6. The molecular formula is C10H15ClN2O2. The van der Waals surface area contributed by atoms with Gasteiger partial charge >= 0.3 is 5.97 Å². The normalized spacial score (nSPS) is 12.8. The number of carboxylic acid groups (broad SMARTS) is 1. The van der Waals surface area contributed by atoms with Crippen LogP contribution in [-0.4, -0.2) is 20.9 Å². The predicted molar refractivity (Wildman–Crippen MR) is 58.1 cm³/mol. The number of aryl methyl sites for hydroxylation is 2. The molecule has 0 bridgehead atoms. The SMILES string of the molecule is Cc1nn(C)c(Cl)c1CCC(C)C(=O)O. The van der Waals surface area contributed by atoms with Crippen molar-refractivity contribution in [3.8, 4) is 0 Å². The monoisotopic (exact) mass is 230 g/mol. The molecule has 0 saturated heterocycles. The molecule has 1 atom stereocenters. The summed E-state index contributed by atoms with van der Waals surface area (Å²) in [7, 11) is 1.78. The van der Waals surface area contributed by atoms with Crippen LogP contribution in [0.15, 0.2) is 0 Å².